The summed E-state index contributed by atoms with van der Waals surface area (Å²) < 4.78 is 22.6. The van der Waals surface area contributed by atoms with Crippen molar-refractivity contribution < 1.29 is 33.6 Å². The van der Waals surface area contributed by atoms with Crippen molar-refractivity contribution in [3.63, 3.8) is 0 Å². The van der Waals surface area contributed by atoms with Crippen molar-refractivity contribution in [1.82, 2.24) is 14.7 Å². The summed E-state index contributed by atoms with van der Waals surface area (Å²) in [6, 6.07) is -1.10. The number of carbonyl (C=O) groups is 2. The molecule has 30 heavy (non-hydrogen) atoms. The number of aliphatic hydroxyl groups excluding tert-OH is 1. The second kappa shape index (κ2) is 9.78. The van der Waals surface area contributed by atoms with E-state index in [2.05, 4.69) is 13.8 Å². The Labute approximate surface area is 178 Å². The zero-order chi connectivity index (χ0) is 21.8. The first kappa shape index (κ1) is 23.2. The number of aliphatic hydroxyl groups is 1. The highest BCUT2D eigenvalue weighted by Crippen LogP contribution is 2.31. The first-order valence-corrected chi connectivity index (χ1v) is 10.8. The standard InChI is InChI=1S/C20H35N3O7/c1-4-19(6-10-29-19)14-27-12-8-22-16(24)21(3)17(25)23(18(22)26)9-13-28-15-20(5-2)7-11-30-20/h16,24H,4-15H2,1-3H3/t16?,19-,20+/m0/s1. The number of urea groups is 2. The van der Waals surface area contributed by atoms with Crippen LogP contribution in [0.1, 0.15) is 39.5 Å². The Kier molecular flexibility index (Phi) is 7.56. The minimum Gasteiger partial charge on any atom is -0.377 e. The smallest absolute Gasteiger partial charge is 0.331 e. The first-order valence-electron chi connectivity index (χ1n) is 10.8. The third-order valence-electron chi connectivity index (χ3n) is 6.52. The van der Waals surface area contributed by atoms with Crippen LogP contribution in [0.4, 0.5) is 9.59 Å². The van der Waals surface area contributed by atoms with Gasteiger partial charge in [0.1, 0.15) is 0 Å². The predicted octanol–water partition coefficient (Wildman–Crippen LogP) is 1.22. The summed E-state index contributed by atoms with van der Waals surface area (Å²) >= 11 is 0. The maximum absolute atomic E-state index is 12.8. The topological polar surface area (TPSA) is 101 Å². The Morgan fingerprint density at radius 2 is 1.47 bits per heavy atom. The van der Waals surface area contributed by atoms with E-state index in [1.54, 1.807) is 0 Å². The van der Waals surface area contributed by atoms with E-state index in [4.69, 9.17) is 18.9 Å². The second-order valence-corrected chi connectivity index (χ2v) is 8.24. The van der Waals surface area contributed by atoms with Crippen molar-refractivity contribution in [2.75, 3.05) is 59.8 Å². The van der Waals surface area contributed by atoms with Crippen LogP contribution < -0.4 is 0 Å². The quantitative estimate of drug-likeness (QED) is 0.466. The molecule has 3 saturated heterocycles. The van der Waals surface area contributed by atoms with E-state index in [0.29, 0.717) is 13.2 Å². The summed E-state index contributed by atoms with van der Waals surface area (Å²) in [7, 11) is 1.46. The van der Waals surface area contributed by atoms with Gasteiger partial charge in [-0.15, -0.1) is 0 Å². The van der Waals surface area contributed by atoms with Gasteiger partial charge in [-0.25, -0.2) is 14.5 Å². The van der Waals surface area contributed by atoms with Crippen LogP contribution in [0.15, 0.2) is 0 Å². The van der Waals surface area contributed by atoms with Gasteiger partial charge in [0.25, 0.3) is 0 Å². The lowest BCUT2D eigenvalue weighted by atomic mass is 9.93. The van der Waals surface area contributed by atoms with Gasteiger partial charge >= 0.3 is 12.1 Å². The highest BCUT2D eigenvalue weighted by atomic mass is 16.6. The molecule has 0 aromatic heterocycles. The molecule has 0 aromatic carbocycles. The molecule has 0 aliphatic carbocycles. The molecule has 4 amide bonds. The Morgan fingerprint density at radius 3 is 1.90 bits per heavy atom. The molecule has 0 saturated carbocycles. The lowest BCUT2D eigenvalue weighted by Crippen LogP contribution is -2.66. The average Bonchev–Trinajstić information content (AvgIpc) is 2.68. The summed E-state index contributed by atoms with van der Waals surface area (Å²) in [6.45, 7) is 7.23. The van der Waals surface area contributed by atoms with Gasteiger partial charge < -0.3 is 24.1 Å². The van der Waals surface area contributed by atoms with Crippen LogP contribution in [-0.2, 0) is 18.9 Å². The maximum atomic E-state index is 12.8. The minimum atomic E-state index is -1.32. The second-order valence-electron chi connectivity index (χ2n) is 8.24. The van der Waals surface area contributed by atoms with Crippen LogP contribution in [0.25, 0.3) is 0 Å². The SMILES string of the molecule is CC[C@@]1(COCCN2C(=O)N(CCOC[C@@]3(CC)CCO3)C(=O)N(C)C2O)CCO1. The molecule has 3 atom stereocenters. The van der Waals surface area contributed by atoms with Crippen LogP contribution in [0.3, 0.4) is 0 Å². The van der Waals surface area contributed by atoms with Crippen LogP contribution in [0.2, 0.25) is 0 Å². The fourth-order valence-corrected chi connectivity index (χ4v) is 3.84. The summed E-state index contributed by atoms with van der Waals surface area (Å²) in [6.07, 6.45) is 2.33. The zero-order valence-electron chi connectivity index (χ0n) is 18.3. The average molecular weight is 430 g/mol. The first-order chi connectivity index (χ1) is 14.4. The van der Waals surface area contributed by atoms with Gasteiger partial charge in [0.15, 0.2) is 0 Å². The summed E-state index contributed by atoms with van der Waals surface area (Å²) in [5.41, 5.74) is -0.451. The number of nitrogens with zero attached hydrogens (tertiary/aromatic N) is 3. The Bertz CT molecular complexity index is 598. The number of ether oxygens (including phenoxy) is 4. The molecule has 10 nitrogen and oxygen atoms in total. The molecule has 10 heteroatoms. The van der Waals surface area contributed by atoms with Crippen molar-refractivity contribution in [3.05, 3.63) is 0 Å². The number of hydrogen-bond acceptors (Lipinski definition) is 7. The molecule has 0 aromatic rings. The van der Waals surface area contributed by atoms with Gasteiger partial charge in [-0.1, -0.05) is 13.8 Å². The van der Waals surface area contributed by atoms with Crippen molar-refractivity contribution >= 4 is 12.1 Å². The normalized spacial score (nSPS) is 31.7. The molecule has 3 aliphatic rings. The third kappa shape index (κ3) is 4.72. The van der Waals surface area contributed by atoms with E-state index in [1.807, 2.05) is 0 Å². The predicted molar refractivity (Wildman–Crippen MR) is 107 cm³/mol. The third-order valence-corrected chi connectivity index (χ3v) is 6.52. The van der Waals surface area contributed by atoms with Gasteiger partial charge in [0, 0.05) is 19.9 Å². The van der Waals surface area contributed by atoms with E-state index in [9.17, 15) is 14.7 Å². The molecule has 3 aliphatic heterocycles. The molecule has 172 valence electrons. The molecule has 1 N–H and O–H groups in total. The molecule has 0 bridgehead atoms. The highest BCUT2D eigenvalue weighted by molar-refractivity contribution is 5.95. The van der Waals surface area contributed by atoms with E-state index in [1.165, 1.54) is 11.9 Å². The van der Waals surface area contributed by atoms with E-state index in [-0.39, 0.29) is 37.5 Å². The molecule has 0 spiro atoms. The molecular formula is C20H35N3O7. The Morgan fingerprint density at radius 1 is 0.967 bits per heavy atom. The van der Waals surface area contributed by atoms with Gasteiger partial charge in [-0.2, -0.15) is 0 Å². The molecule has 3 fully saturated rings. The van der Waals surface area contributed by atoms with Gasteiger partial charge in [-0.3, -0.25) is 9.80 Å². The number of amides is 4. The van der Waals surface area contributed by atoms with Gasteiger partial charge in [0.05, 0.1) is 63.9 Å². The fourth-order valence-electron chi connectivity index (χ4n) is 3.84. The maximum Gasteiger partial charge on any atom is 0.331 e. The van der Waals surface area contributed by atoms with Crippen molar-refractivity contribution in [2.24, 2.45) is 0 Å². The Hall–Kier alpha value is -1.46. The van der Waals surface area contributed by atoms with Crippen molar-refractivity contribution in [3.8, 4) is 0 Å². The van der Waals surface area contributed by atoms with Crippen molar-refractivity contribution in [1.29, 1.82) is 0 Å². The zero-order valence-corrected chi connectivity index (χ0v) is 18.3. The van der Waals surface area contributed by atoms with Gasteiger partial charge in [0.2, 0.25) is 6.35 Å². The molecule has 3 rings (SSSR count). The van der Waals surface area contributed by atoms with E-state index >= 15 is 0 Å². The lowest BCUT2D eigenvalue weighted by Gasteiger charge is -2.44. The van der Waals surface area contributed by atoms with E-state index < -0.39 is 18.4 Å². The number of imide groups is 1. The van der Waals surface area contributed by atoms with Crippen LogP contribution in [0, 0.1) is 0 Å². The molecule has 1 unspecified atom stereocenters. The number of carbonyl (C=O) groups excluding carboxylic acids is 2. The molecule has 0 radical (unpaired) electrons. The summed E-state index contributed by atoms with van der Waals surface area (Å²) in [5, 5.41) is 10.4. The van der Waals surface area contributed by atoms with Crippen LogP contribution in [-0.4, -0.2) is 109 Å². The molecular weight excluding hydrogens is 394 g/mol. The summed E-state index contributed by atoms with van der Waals surface area (Å²) in [5.74, 6) is 0. The Balaban J connectivity index is 1.46. The van der Waals surface area contributed by atoms with E-state index in [0.717, 1.165) is 48.7 Å². The largest absolute Gasteiger partial charge is 0.377 e. The fraction of sp³-hybridized carbons (Fsp3) is 0.900. The number of hydrogen-bond donors (Lipinski definition) is 1. The lowest BCUT2D eigenvalue weighted by molar-refractivity contribution is -0.184. The minimum absolute atomic E-state index is 0.110. The van der Waals surface area contributed by atoms with Crippen LogP contribution >= 0.6 is 0 Å². The monoisotopic (exact) mass is 429 g/mol. The van der Waals surface area contributed by atoms with Gasteiger partial charge in [-0.05, 0) is 12.8 Å². The molecule has 3 heterocycles. The van der Waals surface area contributed by atoms with Crippen LogP contribution in [0.5, 0.6) is 0 Å². The highest BCUT2D eigenvalue weighted by Gasteiger charge is 2.42. The number of rotatable bonds is 12. The van der Waals surface area contributed by atoms with Crippen molar-refractivity contribution in [2.45, 2.75) is 57.1 Å². The summed E-state index contributed by atoms with van der Waals surface area (Å²) in [4.78, 5) is 28.7.